The number of carbonyl (C=O) groups is 1. The first kappa shape index (κ1) is 22.3. The normalized spacial score (nSPS) is 12.4. The van der Waals surface area contributed by atoms with Crippen molar-refractivity contribution in [3.63, 3.8) is 0 Å². The van der Waals surface area contributed by atoms with Crippen LogP contribution in [0.5, 0.6) is 0 Å². The fourth-order valence-corrected chi connectivity index (χ4v) is 4.08. The van der Waals surface area contributed by atoms with E-state index in [1.54, 1.807) is 14.0 Å². The number of fused-ring (bicyclic) bond motifs is 1. The second kappa shape index (κ2) is 10.5. The Bertz CT molecular complexity index is 915. The number of esters is 1. The highest BCUT2D eigenvalue weighted by Gasteiger charge is 2.24. The zero-order chi connectivity index (χ0) is 20.7. The zero-order valence-electron chi connectivity index (χ0n) is 17.1. The number of carbonyl (C=O) groups excluding carboxylic acids is 1. The number of aryl methyl sites for hydroxylation is 2. The van der Waals surface area contributed by atoms with E-state index in [0.717, 1.165) is 25.7 Å². The topological polar surface area (TPSA) is 99.0 Å². The zero-order valence-corrected chi connectivity index (χ0v) is 17.9. The molecule has 2 aromatic rings. The molecule has 0 radical (unpaired) electrons. The van der Waals surface area contributed by atoms with E-state index in [1.807, 2.05) is 11.5 Å². The standard InChI is InChI=1S/C19H30N4O4S/c1-5-8-9-10-11-12-23-14-15(22(4)18(26)21-16(14)24)20-19(23)28-13(6-2)17(25)27-7-3/h13H,5-12H2,1-4H3,(H,21,24,26)/t13-/m1/s1. The van der Waals surface area contributed by atoms with Gasteiger partial charge < -0.3 is 9.30 Å². The van der Waals surface area contributed by atoms with Gasteiger partial charge in [0.25, 0.3) is 5.56 Å². The van der Waals surface area contributed by atoms with Gasteiger partial charge in [0.15, 0.2) is 16.3 Å². The van der Waals surface area contributed by atoms with Crippen LogP contribution in [0.3, 0.4) is 0 Å². The van der Waals surface area contributed by atoms with Gasteiger partial charge in [0.2, 0.25) is 0 Å². The predicted molar refractivity (Wildman–Crippen MR) is 111 cm³/mol. The van der Waals surface area contributed by atoms with Crippen molar-refractivity contribution in [2.45, 2.75) is 76.2 Å². The summed E-state index contributed by atoms with van der Waals surface area (Å²) in [6, 6.07) is 0. The molecule has 1 atom stereocenters. The van der Waals surface area contributed by atoms with Crippen molar-refractivity contribution in [1.82, 2.24) is 19.1 Å². The van der Waals surface area contributed by atoms with Crippen LogP contribution in [-0.2, 0) is 23.1 Å². The van der Waals surface area contributed by atoms with Crippen molar-refractivity contribution in [2.24, 2.45) is 7.05 Å². The number of thioether (sulfide) groups is 1. The summed E-state index contributed by atoms with van der Waals surface area (Å²) < 4.78 is 8.33. The molecule has 1 N–H and O–H groups in total. The van der Waals surface area contributed by atoms with Crippen LogP contribution in [0.25, 0.3) is 11.2 Å². The van der Waals surface area contributed by atoms with Crippen molar-refractivity contribution in [3.8, 4) is 0 Å². The van der Waals surface area contributed by atoms with E-state index in [1.165, 1.54) is 22.7 Å². The molecule has 0 aromatic carbocycles. The summed E-state index contributed by atoms with van der Waals surface area (Å²) in [5, 5.41) is 0.156. The van der Waals surface area contributed by atoms with Crippen molar-refractivity contribution in [3.05, 3.63) is 20.8 Å². The molecule has 0 aliphatic rings. The van der Waals surface area contributed by atoms with E-state index in [4.69, 9.17) is 4.74 Å². The van der Waals surface area contributed by atoms with Gasteiger partial charge in [-0.3, -0.25) is 19.1 Å². The molecule has 2 aromatic heterocycles. The van der Waals surface area contributed by atoms with Gasteiger partial charge in [0.05, 0.1) is 6.61 Å². The van der Waals surface area contributed by atoms with Crippen molar-refractivity contribution in [2.75, 3.05) is 6.61 Å². The number of nitrogens with zero attached hydrogens (tertiary/aromatic N) is 3. The molecule has 0 bridgehead atoms. The van der Waals surface area contributed by atoms with E-state index >= 15 is 0 Å². The number of aromatic amines is 1. The van der Waals surface area contributed by atoms with E-state index in [0.29, 0.717) is 35.9 Å². The molecule has 2 rings (SSSR count). The summed E-state index contributed by atoms with van der Waals surface area (Å²) in [6.45, 7) is 6.78. The maximum Gasteiger partial charge on any atom is 0.329 e. The Labute approximate surface area is 168 Å². The summed E-state index contributed by atoms with van der Waals surface area (Å²) in [5.74, 6) is -0.292. The van der Waals surface area contributed by atoms with Gasteiger partial charge in [-0.1, -0.05) is 51.3 Å². The highest BCUT2D eigenvalue weighted by atomic mass is 32.2. The van der Waals surface area contributed by atoms with Gasteiger partial charge in [0.1, 0.15) is 5.25 Å². The molecule has 0 fully saturated rings. The summed E-state index contributed by atoms with van der Waals surface area (Å²) in [6.07, 6.45) is 6.02. The molecule has 2 heterocycles. The van der Waals surface area contributed by atoms with Crippen molar-refractivity contribution < 1.29 is 9.53 Å². The SMILES string of the molecule is CCCCCCCn1c(S[C@H](CC)C(=O)OCC)nc2c1c(=O)[nH]c(=O)n2C. The molecule has 0 spiro atoms. The fraction of sp³-hybridized carbons (Fsp3) is 0.684. The molecule has 0 aliphatic heterocycles. The number of nitrogens with one attached hydrogen (secondary N) is 1. The maximum atomic E-state index is 12.5. The van der Waals surface area contributed by atoms with Crippen LogP contribution >= 0.6 is 11.8 Å². The largest absolute Gasteiger partial charge is 0.465 e. The molecule has 0 aliphatic carbocycles. The number of imidazole rings is 1. The fourth-order valence-electron chi connectivity index (χ4n) is 3.05. The van der Waals surface area contributed by atoms with E-state index < -0.39 is 16.5 Å². The van der Waals surface area contributed by atoms with E-state index in [2.05, 4.69) is 16.9 Å². The first-order chi connectivity index (χ1) is 13.4. The molecule has 0 saturated heterocycles. The number of unbranched alkanes of at least 4 members (excludes halogenated alkanes) is 4. The van der Waals surface area contributed by atoms with Gasteiger partial charge in [-0.2, -0.15) is 0 Å². The molecule has 28 heavy (non-hydrogen) atoms. The van der Waals surface area contributed by atoms with Gasteiger partial charge in [-0.05, 0) is 19.8 Å². The minimum atomic E-state index is -0.501. The Morgan fingerprint density at radius 1 is 1.18 bits per heavy atom. The molecule has 9 heteroatoms. The highest BCUT2D eigenvalue weighted by Crippen LogP contribution is 2.28. The number of ether oxygens (including phenoxy) is 1. The number of H-pyrrole nitrogens is 1. The van der Waals surface area contributed by atoms with Gasteiger partial charge in [-0.25, -0.2) is 9.78 Å². The Morgan fingerprint density at radius 2 is 1.89 bits per heavy atom. The monoisotopic (exact) mass is 410 g/mol. The predicted octanol–water partition coefficient (Wildman–Crippen LogP) is 2.83. The molecular formula is C19H30N4O4S. The number of hydrogen-bond donors (Lipinski definition) is 1. The molecular weight excluding hydrogens is 380 g/mol. The Balaban J connectivity index is 2.42. The average Bonchev–Trinajstić information content (AvgIpc) is 3.03. The minimum absolute atomic E-state index is 0.292. The third-order valence-corrected chi connectivity index (χ3v) is 5.96. The molecule has 0 saturated carbocycles. The summed E-state index contributed by atoms with van der Waals surface area (Å²) in [4.78, 5) is 43.5. The highest BCUT2D eigenvalue weighted by molar-refractivity contribution is 8.00. The maximum absolute atomic E-state index is 12.5. The van der Waals surface area contributed by atoms with Crippen LogP contribution in [0.4, 0.5) is 0 Å². The van der Waals surface area contributed by atoms with Crippen LogP contribution < -0.4 is 11.2 Å². The van der Waals surface area contributed by atoms with Crippen LogP contribution in [0.2, 0.25) is 0 Å². The first-order valence-electron chi connectivity index (χ1n) is 9.97. The molecule has 0 unspecified atom stereocenters. The first-order valence-corrected chi connectivity index (χ1v) is 10.8. The van der Waals surface area contributed by atoms with Gasteiger partial charge in [0, 0.05) is 13.6 Å². The average molecular weight is 411 g/mol. The van der Waals surface area contributed by atoms with E-state index in [9.17, 15) is 14.4 Å². The number of hydrogen-bond acceptors (Lipinski definition) is 6. The van der Waals surface area contributed by atoms with E-state index in [-0.39, 0.29) is 5.97 Å². The second-order valence-corrected chi connectivity index (χ2v) is 7.89. The molecule has 0 amide bonds. The Kier molecular flexibility index (Phi) is 8.35. The van der Waals surface area contributed by atoms with Crippen LogP contribution in [0.1, 0.15) is 59.3 Å². The van der Waals surface area contributed by atoms with Crippen LogP contribution in [0.15, 0.2) is 14.7 Å². The van der Waals surface area contributed by atoms with Crippen LogP contribution in [0, 0.1) is 0 Å². The number of rotatable bonds is 11. The summed E-state index contributed by atoms with van der Waals surface area (Å²) >= 11 is 1.29. The smallest absolute Gasteiger partial charge is 0.329 e. The number of aromatic nitrogens is 4. The second-order valence-electron chi connectivity index (χ2n) is 6.72. The lowest BCUT2D eigenvalue weighted by molar-refractivity contribution is -0.142. The lowest BCUT2D eigenvalue weighted by Crippen LogP contribution is -2.29. The Morgan fingerprint density at radius 3 is 2.54 bits per heavy atom. The van der Waals surface area contributed by atoms with Gasteiger partial charge in [-0.15, -0.1) is 0 Å². The third-order valence-electron chi connectivity index (χ3n) is 4.63. The third kappa shape index (κ3) is 5.06. The lowest BCUT2D eigenvalue weighted by atomic mass is 10.1. The summed E-state index contributed by atoms with van der Waals surface area (Å²) in [5.41, 5.74) is -0.239. The molecule has 156 valence electrons. The van der Waals surface area contributed by atoms with Crippen molar-refractivity contribution >= 4 is 28.9 Å². The molecule has 8 nitrogen and oxygen atoms in total. The van der Waals surface area contributed by atoms with Crippen molar-refractivity contribution in [1.29, 1.82) is 0 Å². The van der Waals surface area contributed by atoms with Gasteiger partial charge >= 0.3 is 11.7 Å². The summed E-state index contributed by atoms with van der Waals surface area (Å²) in [7, 11) is 1.58. The Hall–Kier alpha value is -2.03. The lowest BCUT2D eigenvalue weighted by Gasteiger charge is -2.14. The van der Waals surface area contributed by atoms with Crippen LogP contribution in [-0.4, -0.2) is 36.9 Å². The quantitative estimate of drug-likeness (QED) is 0.347. The minimum Gasteiger partial charge on any atom is -0.465 e.